The van der Waals surface area contributed by atoms with Gasteiger partial charge in [0.2, 0.25) is 5.91 Å². The van der Waals surface area contributed by atoms with E-state index in [4.69, 9.17) is 6.42 Å². The standard InChI is InChI=1S/C11H17NO/c1-3-5-7-8-10-12-11(13)9-6-4-2/h1,4H,2,5-10H2,(H,12,13). The number of terminal acetylenes is 1. The van der Waals surface area contributed by atoms with Crippen LogP contribution in [-0.2, 0) is 4.79 Å². The van der Waals surface area contributed by atoms with Crippen LogP contribution in [0, 0.1) is 12.3 Å². The molecule has 0 unspecified atom stereocenters. The highest BCUT2D eigenvalue weighted by Gasteiger charge is 1.97. The van der Waals surface area contributed by atoms with Gasteiger partial charge in [0.1, 0.15) is 0 Å². The highest BCUT2D eigenvalue weighted by Crippen LogP contribution is 1.93. The van der Waals surface area contributed by atoms with Crippen LogP contribution in [0.25, 0.3) is 0 Å². The Kier molecular flexibility index (Phi) is 8.02. The summed E-state index contributed by atoms with van der Waals surface area (Å²) < 4.78 is 0. The van der Waals surface area contributed by atoms with E-state index >= 15 is 0 Å². The van der Waals surface area contributed by atoms with Crippen LogP contribution in [0.5, 0.6) is 0 Å². The summed E-state index contributed by atoms with van der Waals surface area (Å²) in [4.78, 5) is 11.0. The maximum Gasteiger partial charge on any atom is 0.220 e. The molecule has 0 aliphatic heterocycles. The lowest BCUT2D eigenvalue weighted by Crippen LogP contribution is -2.23. The maximum absolute atomic E-state index is 11.0. The second-order valence-electron chi connectivity index (χ2n) is 2.84. The van der Waals surface area contributed by atoms with Gasteiger partial charge >= 0.3 is 0 Å². The predicted octanol–water partition coefficient (Wildman–Crippen LogP) is 1.87. The minimum Gasteiger partial charge on any atom is -0.356 e. The van der Waals surface area contributed by atoms with E-state index in [1.165, 1.54) is 0 Å². The summed E-state index contributed by atoms with van der Waals surface area (Å²) >= 11 is 0. The second kappa shape index (κ2) is 8.86. The van der Waals surface area contributed by atoms with Crippen molar-refractivity contribution in [1.29, 1.82) is 0 Å². The van der Waals surface area contributed by atoms with E-state index in [1.54, 1.807) is 6.08 Å². The third-order valence-corrected chi connectivity index (χ3v) is 1.65. The van der Waals surface area contributed by atoms with Gasteiger partial charge < -0.3 is 5.32 Å². The Labute approximate surface area is 80.4 Å². The van der Waals surface area contributed by atoms with Gasteiger partial charge in [0.25, 0.3) is 0 Å². The fourth-order valence-corrected chi connectivity index (χ4v) is 0.901. The molecule has 0 saturated carbocycles. The molecule has 0 aliphatic carbocycles. The Morgan fingerprint density at radius 2 is 2.31 bits per heavy atom. The summed E-state index contributed by atoms with van der Waals surface area (Å²) in [6.07, 6.45) is 10.9. The molecule has 0 rings (SSSR count). The van der Waals surface area contributed by atoms with Crippen LogP contribution in [0.3, 0.4) is 0 Å². The van der Waals surface area contributed by atoms with Crippen LogP contribution < -0.4 is 5.32 Å². The van der Waals surface area contributed by atoms with Crippen LogP contribution in [0.2, 0.25) is 0 Å². The minimum absolute atomic E-state index is 0.0978. The van der Waals surface area contributed by atoms with Crippen molar-refractivity contribution in [2.75, 3.05) is 6.54 Å². The minimum atomic E-state index is 0.0978. The van der Waals surface area contributed by atoms with Crippen LogP contribution in [0.4, 0.5) is 0 Å². The van der Waals surface area contributed by atoms with Crippen LogP contribution in [0.15, 0.2) is 12.7 Å². The van der Waals surface area contributed by atoms with Crippen molar-refractivity contribution in [1.82, 2.24) is 5.32 Å². The molecule has 0 radical (unpaired) electrons. The summed E-state index contributed by atoms with van der Waals surface area (Å²) in [6, 6.07) is 0. The molecule has 0 heterocycles. The molecule has 1 amide bonds. The van der Waals surface area contributed by atoms with Gasteiger partial charge in [-0.15, -0.1) is 18.9 Å². The van der Waals surface area contributed by atoms with Gasteiger partial charge in [0.05, 0.1) is 0 Å². The lowest BCUT2D eigenvalue weighted by atomic mass is 10.2. The molecular weight excluding hydrogens is 162 g/mol. The number of carbonyl (C=O) groups is 1. The van der Waals surface area contributed by atoms with Crippen molar-refractivity contribution in [3.05, 3.63) is 12.7 Å². The van der Waals surface area contributed by atoms with Gasteiger partial charge in [-0.25, -0.2) is 0 Å². The van der Waals surface area contributed by atoms with E-state index in [-0.39, 0.29) is 5.91 Å². The summed E-state index contributed by atoms with van der Waals surface area (Å²) in [6.45, 7) is 4.29. The zero-order valence-corrected chi connectivity index (χ0v) is 8.01. The average molecular weight is 179 g/mol. The highest BCUT2D eigenvalue weighted by atomic mass is 16.1. The molecule has 2 heteroatoms. The third kappa shape index (κ3) is 8.68. The first kappa shape index (κ1) is 11.8. The van der Waals surface area contributed by atoms with E-state index in [1.807, 2.05) is 0 Å². The van der Waals surface area contributed by atoms with Gasteiger partial charge in [0.15, 0.2) is 0 Å². The largest absolute Gasteiger partial charge is 0.356 e. The number of nitrogens with one attached hydrogen (secondary N) is 1. The number of hydrogen-bond donors (Lipinski definition) is 1. The summed E-state index contributed by atoms with van der Waals surface area (Å²) in [5.41, 5.74) is 0. The van der Waals surface area contributed by atoms with Crippen molar-refractivity contribution in [3.63, 3.8) is 0 Å². The summed E-state index contributed by atoms with van der Waals surface area (Å²) in [5, 5.41) is 2.82. The molecule has 0 bridgehead atoms. The third-order valence-electron chi connectivity index (χ3n) is 1.65. The average Bonchev–Trinajstić information content (AvgIpc) is 2.14. The molecule has 13 heavy (non-hydrogen) atoms. The molecule has 0 aliphatic rings. The first-order valence-electron chi connectivity index (χ1n) is 4.62. The van der Waals surface area contributed by atoms with E-state index in [9.17, 15) is 4.79 Å². The number of rotatable bonds is 7. The molecule has 0 spiro atoms. The fraction of sp³-hybridized carbons (Fsp3) is 0.545. The zero-order chi connectivity index (χ0) is 9.94. The SMILES string of the molecule is C#CCCCCNC(=O)CCC=C. The van der Waals surface area contributed by atoms with Crippen molar-refractivity contribution >= 4 is 5.91 Å². The number of allylic oxidation sites excluding steroid dienone is 1. The lowest BCUT2D eigenvalue weighted by Gasteiger charge is -2.02. The Morgan fingerprint density at radius 1 is 1.54 bits per heavy atom. The van der Waals surface area contributed by atoms with E-state index < -0.39 is 0 Å². The van der Waals surface area contributed by atoms with E-state index in [0.29, 0.717) is 6.42 Å². The van der Waals surface area contributed by atoms with Gasteiger partial charge in [-0.3, -0.25) is 4.79 Å². The van der Waals surface area contributed by atoms with Crippen LogP contribution in [0.1, 0.15) is 32.1 Å². The molecule has 0 saturated heterocycles. The number of hydrogen-bond acceptors (Lipinski definition) is 1. The number of amides is 1. The summed E-state index contributed by atoms with van der Waals surface area (Å²) in [5.74, 6) is 2.66. The van der Waals surface area contributed by atoms with Crippen molar-refractivity contribution < 1.29 is 4.79 Å². The fourth-order valence-electron chi connectivity index (χ4n) is 0.901. The molecule has 72 valence electrons. The topological polar surface area (TPSA) is 29.1 Å². The summed E-state index contributed by atoms with van der Waals surface area (Å²) in [7, 11) is 0. The number of carbonyl (C=O) groups excluding carboxylic acids is 1. The lowest BCUT2D eigenvalue weighted by molar-refractivity contribution is -0.121. The van der Waals surface area contributed by atoms with Crippen molar-refractivity contribution in [2.45, 2.75) is 32.1 Å². The predicted molar refractivity (Wildman–Crippen MR) is 55.1 cm³/mol. The van der Waals surface area contributed by atoms with Gasteiger partial charge in [-0.1, -0.05) is 6.08 Å². The van der Waals surface area contributed by atoms with Gasteiger partial charge in [-0.2, -0.15) is 0 Å². The van der Waals surface area contributed by atoms with Crippen LogP contribution >= 0.6 is 0 Å². The van der Waals surface area contributed by atoms with E-state index in [0.717, 1.165) is 32.2 Å². The molecule has 0 aromatic rings. The smallest absolute Gasteiger partial charge is 0.220 e. The van der Waals surface area contributed by atoms with E-state index in [2.05, 4.69) is 17.8 Å². The van der Waals surface area contributed by atoms with Gasteiger partial charge in [0, 0.05) is 19.4 Å². The number of unbranched alkanes of at least 4 members (excludes halogenated alkanes) is 2. The van der Waals surface area contributed by atoms with Crippen LogP contribution in [-0.4, -0.2) is 12.5 Å². The molecule has 0 fully saturated rings. The normalized spacial score (nSPS) is 8.85. The quantitative estimate of drug-likeness (QED) is 0.361. The maximum atomic E-state index is 11.0. The molecule has 0 atom stereocenters. The Balaban J connectivity index is 3.17. The van der Waals surface area contributed by atoms with Crippen molar-refractivity contribution in [2.24, 2.45) is 0 Å². The molecule has 1 N–H and O–H groups in total. The molecular formula is C11H17NO. The first-order valence-corrected chi connectivity index (χ1v) is 4.62. The zero-order valence-electron chi connectivity index (χ0n) is 8.01. The van der Waals surface area contributed by atoms with Crippen molar-refractivity contribution in [3.8, 4) is 12.3 Å². The highest BCUT2D eigenvalue weighted by molar-refractivity contribution is 5.75. The molecule has 0 aromatic carbocycles. The Morgan fingerprint density at radius 3 is 2.92 bits per heavy atom. The Hall–Kier alpha value is -1.23. The molecule has 0 aromatic heterocycles. The second-order valence-corrected chi connectivity index (χ2v) is 2.84. The molecule has 2 nitrogen and oxygen atoms in total. The first-order chi connectivity index (χ1) is 6.31. The monoisotopic (exact) mass is 179 g/mol. The van der Waals surface area contributed by atoms with Gasteiger partial charge in [-0.05, 0) is 19.3 Å². The Bertz CT molecular complexity index is 191.